The molecule has 0 atom stereocenters. The lowest BCUT2D eigenvalue weighted by Gasteiger charge is -2.06. The minimum Gasteiger partial charge on any atom is -0.492 e. The topological polar surface area (TPSA) is 93.3 Å². The zero-order chi connectivity index (χ0) is 15.9. The summed E-state index contributed by atoms with van der Waals surface area (Å²) in [7, 11) is -1.05. The van der Waals surface area contributed by atoms with Gasteiger partial charge in [0.15, 0.2) is 17.2 Å². The van der Waals surface area contributed by atoms with Gasteiger partial charge in [-0.05, 0) is 19.0 Å². The van der Waals surface area contributed by atoms with Crippen molar-refractivity contribution in [2.75, 3.05) is 0 Å². The van der Waals surface area contributed by atoms with E-state index in [2.05, 4.69) is 15.1 Å². The third-order valence-electron chi connectivity index (χ3n) is 2.86. The number of aromatic hydroxyl groups is 1. The van der Waals surface area contributed by atoms with Crippen LogP contribution in [-0.4, -0.2) is 36.8 Å². The average molecular weight is 306 g/mol. The fraction of sp³-hybridized carbons (Fsp3) is 0.0833. The minimum atomic E-state index is -1.05. The smallest absolute Gasteiger partial charge is 0.433 e. The van der Waals surface area contributed by atoms with Gasteiger partial charge in [0.1, 0.15) is 5.82 Å². The van der Waals surface area contributed by atoms with Crippen LogP contribution in [0.1, 0.15) is 0 Å². The fourth-order valence-electron chi connectivity index (χ4n) is 1.86. The first-order valence-electron chi connectivity index (χ1n) is 6.21. The first-order chi connectivity index (χ1) is 10.5. The maximum Gasteiger partial charge on any atom is 0.433 e. The summed E-state index contributed by atoms with van der Waals surface area (Å²) >= 11 is 0. The second kappa shape index (κ2) is 5.22. The third kappa shape index (κ3) is 2.44. The summed E-state index contributed by atoms with van der Waals surface area (Å²) in [6.45, 7) is 1.42. The molecular weight excluding hydrogens is 297 g/mol. The number of nitrogens with zero attached hydrogens (tertiary/aromatic N) is 4. The molecule has 0 aliphatic heterocycles. The monoisotopic (exact) mass is 306 g/mol. The Kier molecular flexibility index (Phi) is 3.37. The molecule has 112 valence electrons. The zero-order valence-electron chi connectivity index (χ0n) is 11.2. The molecule has 2 aromatic heterocycles. The van der Waals surface area contributed by atoms with Gasteiger partial charge < -0.3 is 14.9 Å². The molecule has 0 aliphatic carbocycles. The highest BCUT2D eigenvalue weighted by molar-refractivity contribution is 6.47. The van der Waals surface area contributed by atoms with Crippen LogP contribution in [0.3, 0.4) is 0 Å². The average Bonchev–Trinajstić information content (AvgIpc) is 2.79. The van der Waals surface area contributed by atoms with Crippen molar-refractivity contribution in [3.8, 4) is 17.6 Å². The van der Waals surface area contributed by atoms with Crippen LogP contribution in [0.2, 0.25) is 6.82 Å². The van der Waals surface area contributed by atoms with Crippen LogP contribution < -0.4 is 4.74 Å². The Balaban J connectivity index is 2.03. The first-order valence-corrected chi connectivity index (χ1v) is 6.21. The lowest BCUT2D eigenvalue weighted by molar-refractivity contribution is 0.409. The Hall–Kier alpha value is -2.75. The highest BCUT2D eigenvalue weighted by Gasteiger charge is 2.19. The van der Waals surface area contributed by atoms with Gasteiger partial charge in [-0.3, -0.25) is 4.59 Å². The van der Waals surface area contributed by atoms with Crippen LogP contribution in [0.5, 0.6) is 17.6 Å². The van der Waals surface area contributed by atoms with Gasteiger partial charge in [0.2, 0.25) is 5.88 Å². The van der Waals surface area contributed by atoms with Crippen molar-refractivity contribution < 1.29 is 23.6 Å². The van der Waals surface area contributed by atoms with E-state index in [4.69, 9.17) is 4.74 Å². The third-order valence-corrected chi connectivity index (χ3v) is 2.86. The predicted molar refractivity (Wildman–Crippen MR) is 72.7 cm³/mol. The number of hydrogen-bond acceptors (Lipinski definition) is 6. The van der Waals surface area contributed by atoms with Gasteiger partial charge in [-0.2, -0.15) is 4.98 Å². The molecule has 2 N–H and O–H groups in total. The maximum absolute atomic E-state index is 13.5. The molecule has 0 saturated carbocycles. The highest BCUT2D eigenvalue weighted by atomic mass is 19.1. The van der Waals surface area contributed by atoms with E-state index >= 15 is 0 Å². The van der Waals surface area contributed by atoms with E-state index in [1.807, 2.05) is 0 Å². The van der Waals surface area contributed by atoms with E-state index in [9.17, 15) is 18.9 Å². The van der Waals surface area contributed by atoms with Gasteiger partial charge >= 0.3 is 13.1 Å². The van der Waals surface area contributed by atoms with E-state index < -0.39 is 18.7 Å². The van der Waals surface area contributed by atoms with Crippen LogP contribution in [0.15, 0.2) is 24.4 Å². The summed E-state index contributed by atoms with van der Waals surface area (Å²) < 4.78 is 32.6. The Morgan fingerprint density at radius 1 is 1.32 bits per heavy atom. The van der Waals surface area contributed by atoms with Gasteiger partial charge in [0.05, 0.1) is 5.39 Å². The quantitative estimate of drug-likeness (QED) is 0.713. The molecule has 22 heavy (non-hydrogen) atoms. The molecule has 0 aliphatic rings. The summed E-state index contributed by atoms with van der Waals surface area (Å²) in [6, 6.07) is 2.56. The molecule has 0 saturated heterocycles. The van der Waals surface area contributed by atoms with Crippen LogP contribution in [0.25, 0.3) is 11.0 Å². The second-order valence-electron chi connectivity index (χ2n) is 4.47. The Labute approximate surface area is 122 Å². The number of benzene rings is 1. The van der Waals surface area contributed by atoms with Gasteiger partial charge in [-0.1, -0.05) is 0 Å². The first kappa shape index (κ1) is 14.2. The Morgan fingerprint density at radius 3 is 2.77 bits per heavy atom. The van der Waals surface area contributed by atoms with Gasteiger partial charge in [-0.25, -0.2) is 13.8 Å². The van der Waals surface area contributed by atoms with Crippen LogP contribution in [-0.2, 0) is 0 Å². The van der Waals surface area contributed by atoms with E-state index in [0.717, 1.165) is 16.7 Å². The van der Waals surface area contributed by atoms with Crippen molar-refractivity contribution in [2.24, 2.45) is 0 Å². The van der Waals surface area contributed by atoms with Crippen molar-refractivity contribution >= 4 is 18.1 Å². The van der Waals surface area contributed by atoms with E-state index in [1.165, 1.54) is 13.0 Å². The van der Waals surface area contributed by atoms with Crippen LogP contribution in [0, 0.1) is 11.6 Å². The van der Waals surface area contributed by atoms with E-state index in [0.29, 0.717) is 6.07 Å². The molecule has 10 heteroatoms. The lowest BCUT2D eigenvalue weighted by Crippen LogP contribution is -2.21. The number of rotatable bonds is 3. The molecule has 1 aromatic carbocycles. The SMILES string of the molecule is CB(O)n1nc(O)c2cnc(Oc3ccc(F)cc3F)nc21. The van der Waals surface area contributed by atoms with Crippen molar-refractivity contribution in [2.45, 2.75) is 6.82 Å². The highest BCUT2D eigenvalue weighted by Crippen LogP contribution is 2.26. The van der Waals surface area contributed by atoms with Gasteiger partial charge in [0, 0.05) is 12.3 Å². The molecule has 7 nitrogen and oxygen atoms in total. The van der Waals surface area contributed by atoms with Crippen molar-refractivity contribution in [1.29, 1.82) is 0 Å². The second-order valence-corrected chi connectivity index (χ2v) is 4.47. The fourth-order valence-corrected chi connectivity index (χ4v) is 1.86. The van der Waals surface area contributed by atoms with Crippen LogP contribution in [0.4, 0.5) is 8.78 Å². The number of hydrogen-bond donors (Lipinski definition) is 2. The molecule has 0 spiro atoms. The predicted octanol–water partition coefficient (Wildman–Crippen LogP) is 1.56. The van der Waals surface area contributed by atoms with Crippen LogP contribution >= 0.6 is 0 Å². The van der Waals surface area contributed by atoms with Crippen molar-refractivity contribution in [1.82, 2.24) is 19.7 Å². The molecular formula is C12H9BF2N4O3. The molecule has 0 amide bonds. The molecule has 3 rings (SSSR count). The largest absolute Gasteiger partial charge is 0.492 e. The van der Waals surface area contributed by atoms with Crippen molar-refractivity contribution in [3.63, 3.8) is 0 Å². The van der Waals surface area contributed by atoms with Crippen molar-refractivity contribution in [3.05, 3.63) is 36.0 Å². The summed E-state index contributed by atoms with van der Waals surface area (Å²) in [5.41, 5.74) is 0.111. The summed E-state index contributed by atoms with van der Waals surface area (Å²) in [5.74, 6) is -2.25. The Bertz CT molecular complexity index is 856. The molecule has 2 heterocycles. The van der Waals surface area contributed by atoms with E-state index in [-0.39, 0.29) is 28.7 Å². The molecule has 3 aromatic rings. The molecule has 0 bridgehead atoms. The lowest BCUT2D eigenvalue weighted by atomic mass is 9.89. The van der Waals surface area contributed by atoms with Gasteiger partial charge in [0.25, 0.3) is 0 Å². The summed E-state index contributed by atoms with van der Waals surface area (Å²) in [4.78, 5) is 7.77. The summed E-state index contributed by atoms with van der Waals surface area (Å²) in [5, 5.41) is 23.1. The normalized spacial score (nSPS) is 10.9. The molecule has 0 unspecified atom stereocenters. The number of fused-ring (bicyclic) bond motifs is 1. The zero-order valence-corrected chi connectivity index (χ0v) is 11.2. The molecule has 0 radical (unpaired) electrons. The number of aromatic nitrogens is 4. The summed E-state index contributed by atoms with van der Waals surface area (Å²) in [6.07, 6.45) is 1.22. The standard InChI is InChI=1S/C12H9BF2N4O3/c1-13(21)19-10-7(11(20)18-19)5-16-12(17-10)22-9-3-2-6(14)4-8(9)15/h2-5,21H,1H3,(H,18,20). The number of halogens is 2. The van der Waals surface area contributed by atoms with Gasteiger partial charge in [-0.15, -0.1) is 5.10 Å². The Morgan fingerprint density at radius 2 is 2.09 bits per heavy atom. The molecule has 0 fully saturated rings. The maximum atomic E-state index is 13.5. The minimum absolute atomic E-state index is 0.111. The number of ether oxygens (including phenoxy) is 1. The van der Waals surface area contributed by atoms with E-state index in [1.54, 1.807) is 0 Å².